The van der Waals surface area contributed by atoms with Gasteiger partial charge in [-0.1, -0.05) is 53.8 Å². The minimum absolute atomic E-state index is 0.286. The Morgan fingerprint density at radius 1 is 0.955 bits per heavy atom. The molecule has 5 heteroatoms. The zero-order chi connectivity index (χ0) is 15.4. The average Bonchev–Trinajstić information content (AvgIpc) is 3.08. The Kier molecular flexibility index (Phi) is 3.78. The van der Waals surface area contributed by atoms with Crippen LogP contribution in [0.3, 0.4) is 0 Å². The highest BCUT2D eigenvalue weighted by molar-refractivity contribution is 5.88. The number of carboxylic acid groups (broad SMARTS) is 1. The van der Waals surface area contributed by atoms with E-state index < -0.39 is 5.97 Å². The van der Waals surface area contributed by atoms with E-state index in [0.29, 0.717) is 0 Å². The lowest BCUT2D eigenvalue weighted by molar-refractivity contribution is 0.0697. The number of aromatic amines is 1. The number of carbonyl (C=O) groups is 1. The van der Waals surface area contributed by atoms with E-state index in [1.807, 2.05) is 36.4 Å². The van der Waals surface area contributed by atoms with Crippen LogP contribution in [0.15, 0.2) is 54.7 Å². The van der Waals surface area contributed by atoms with Crippen LogP contribution in [0, 0.1) is 0 Å². The van der Waals surface area contributed by atoms with Crippen LogP contribution in [0.2, 0.25) is 0 Å². The lowest BCUT2D eigenvalue weighted by Gasteiger charge is -1.98. The Balaban J connectivity index is 1.73. The lowest BCUT2D eigenvalue weighted by Crippen LogP contribution is -1.94. The van der Waals surface area contributed by atoms with Crippen molar-refractivity contribution in [3.8, 4) is 11.3 Å². The molecule has 0 spiro atoms. The summed E-state index contributed by atoms with van der Waals surface area (Å²) < 4.78 is 0. The summed E-state index contributed by atoms with van der Waals surface area (Å²) in [7, 11) is 0. The Bertz CT molecular complexity index is 789. The van der Waals surface area contributed by atoms with Crippen molar-refractivity contribution in [1.82, 2.24) is 15.4 Å². The second kappa shape index (κ2) is 6.05. The predicted molar refractivity (Wildman–Crippen MR) is 84.1 cm³/mol. The SMILES string of the molecule is O=C(O)c1ccc(C=Cc2ccc(-c3c[nH]nn3)cc2)cc1. The molecule has 0 aliphatic rings. The van der Waals surface area contributed by atoms with E-state index in [1.54, 1.807) is 30.5 Å². The topological polar surface area (TPSA) is 78.9 Å². The number of hydrogen-bond donors (Lipinski definition) is 2. The van der Waals surface area contributed by atoms with Crippen LogP contribution in [0.25, 0.3) is 23.4 Å². The first kappa shape index (κ1) is 13.8. The summed E-state index contributed by atoms with van der Waals surface area (Å²) in [5, 5.41) is 19.2. The van der Waals surface area contributed by atoms with Crippen molar-refractivity contribution in [2.45, 2.75) is 0 Å². The Morgan fingerprint density at radius 3 is 2.05 bits per heavy atom. The highest BCUT2D eigenvalue weighted by Crippen LogP contribution is 2.17. The van der Waals surface area contributed by atoms with Gasteiger partial charge in [-0.2, -0.15) is 0 Å². The fraction of sp³-hybridized carbons (Fsp3) is 0. The second-order valence-electron chi connectivity index (χ2n) is 4.74. The number of nitrogens with zero attached hydrogens (tertiary/aromatic N) is 2. The van der Waals surface area contributed by atoms with Crippen molar-refractivity contribution in [1.29, 1.82) is 0 Å². The van der Waals surface area contributed by atoms with Crippen LogP contribution in [0.5, 0.6) is 0 Å². The van der Waals surface area contributed by atoms with Crippen LogP contribution in [-0.2, 0) is 0 Å². The van der Waals surface area contributed by atoms with E-state index >= 15 is 0 Å². The molecule has 22 heavy (non-hydrogen) atoms. The molecule has 3 rings (SSSR count). The first-order chi connectivity index (χ1) is 10.7. The summed E-state index contributed by atoms with van der Waals surface area (Å²) in [6, 6.07) is 14.7. The standard InChI is InChI=1S/C17H13N3O2/c21-17(22)15-9-5-13(6-10-15)2-1-12-3-7-14(8-4-12)16-11-18-20-19-16/h1-11H,(H,21,22)(H,18,19,20). The molecule has 0 aliphatic heterocycles. The molecule has 0 saturated carbocycles. The van der Waals surface area contributed by atoms with Gasteiger partial charge in [0, 0.05) is 11.8 Å². The number of hydrogen-bond acceptors (Lipinski definition) is 3. The quantitative estimate of drug-likeness (QED) is 0.723. The third-order valence-electron chi connectivity index (χ3n) is 3.25. The van der Waals surface area contributed by atoms with E-state index in [0.717, 1.165) is 22.4 Å². The van der Waals surface area contributed by atoms with Crippen LogP contribution in [-0.4, -0.2) is 26.5 Å². The molecule has 2 N–H and O–H groups in total. The highest BCUT2D eigenvalue weighted by atomic mass is 16.4. The number of carboxylic acids is 1. The number of aromatic carboxylic acids is 1. The predicted octanol–water partition coefficient (Wildman–Crippen LogP) is 3.34. The van der Waals surface area contributed by atoms with E-state index in [1.165, 1.54) is 0 Å². The van der Waals surface area contributed by atoms with Crippen LogP contribution in [0.4, 0.5) is 0 Å². The van der Waals surface area contributed by atoms with Gasteiger partial charge in [0.15, 0.2) is 0 Å². The van der Waals surface area contributed by atoms with Gasteiger partial charge < -0.3 is 5.11 Å². The van der Waals surface area contributed by atoms with Gasteiger partial charge in [-0.3, -0.25) is 5.10 Å². The van der Waals surface area contributed by atoms with Crippen molar-refractivity contribution in [2.75, 3.05) is 0 Å². The third kappa shape index (κ3) is 3.09. The molecular formula is C17H13N3O2. The maximum atomic E-state index is 10.8. The molecule has 0 radical (unpaired) electrons. The monoisotopic (exact) mass is 291 g/mol. The number of benzene rings is 2. The van der Waals surface area contributed by atoms with Gasteiger partial charge in [-0.25, -0.2) is 4.79 Å². The molecule has 2 aromatic carbocycles. The maximum absolute atomic E-state index is 10.8. The van der Waals surface area contributed by atoms with Crippen molar-refractivity contribution >= 4 is 18.1 Å². The molecule has 1 heterocycles. The largest absolute Gasteiger partial charge is 0.478 e. The summed E-state index contributed by atoms with van der Waals surface area (Å²) in [5.74, 6) is -0.918. The second-order valence-corrected chi connectivity index (χ2v) is 4.74. The van der Waals surface area contributed by atoms with Gasteiger partial charge in [0.25, 0.3) is 0 Å². The van der Waals surface area contributed by atoms with E-state index in [4.69, 9.17) is 5.11 Å². The first-order valence-corrected chi connectivity index (χ1v) is 6.71. The molecule has 3 aromatic rings. The number of rotatable bonds is 4. The molecular weight excluding hydrogens is 278 g/mol. The number of aromatic nitrogens is 3. The van der Waals surface area contributed by atoms with E-state index in [-0.39, 0.29) is 5.56 Å². The van der Waals surface area contributed by atoms with Gasteiger partial charge in [-0.05, 0) is 23.3 Å². The minimum atomic E-state index is -0.918. The van der Waals surface area contributed by atoms with Crippen LogP contribution < -0.4 is 0 Å². The average molecular weight is 291 g/mol. The van der Waals surface area contributed by atoms with Crippen molar-refractivity contribution in [3.63, 3.8) is 0 Å². The highest BCUT2D eigenvalue weighted by Gasteiger charge is 2.01. The van der Waals surface area contributed by atoms with Crippen LogP contribution >= 0.6 is 0 Å². The Morgan fingerprint density at radius 2 is 1.55 bits per heavy atom. The normalized spacial score (nSPS) is 10.9. The van der Waals surface area contributed by atoms with Gasteiger partial charge in [0.2, 0.25) is 0 Å². The molecule has 0 unspecified atom stereocenters. The maximum Gasteiger partial charge on any atom is 0.335 e. The van der Waals surface area contributed by atoms with Gasteiger partial charge in [-0.15, -0.1) is 5.10 Å². The molecule has 1 aromatic heterocycles. The molecule has 0 fully saturated rings. The Labute approximate surface area is 126 Å². The zero-order valence-electron chi connectivity index (χ0n) is 11.6. The van der Waals surface area contributed by atoms with E-state index in [2.05, 4.69) is 15.4 Å². The third-order valence-corrected chi connectivity index (χ3v) is 3.25. The van der Waals surface area contributed by atoms with Gasteiger partial charge >= 0.3 is 5.97 Å². The summed E-state index contributed by atoms with van der Waals surface area (Å²) in [4.78, 5) is 10.8. The van der Waals surface area contributed by atoms with Crippen LogP contribution in [0.1, 0.15) is 21.5 Å². The molecule has 5 nitrogen and oxygen atoms in total. The molecule has 0 amide bonds. The first-order valence-electron chi connectivity index (χ1n) is 6.71. The van der Waals surface area contributed by atoms with Crippen molar-refractivity contribution < 1.29 is 9.90 Å². The van der Waals surface area contributed by atoms with Crippen molar-refractivity contribution in [3.05, 3.63) is 71.4 Å². The fourth-order valence-electron chi connectivity index (χ4n) is 2.04. The molecule has 0 atom stereocenters. The smallest absolute Gasteiger partial charge is 0.335 e. The van der Waals surface area contributed by atoms with Gasteiger partial charge in [0.1, 0.15) is 5.69 Å². The zero-order valence-corrected chi connectivity index (χ0v) is 11.6. The number of H-pyrrole nitrogens is 1. The fourth-order valence-corrected chi connectivity index (χ4v) is 2.04. The number of nitrogens with one attached hydrogen (secondary N) is 1. The van der Waals surface area contributed by atoms with E-state index in [9.17, 15) is 4.79 Å². The van der Waals surface area contributed by atoms with Gasteiger partial charge in [0.05, 0.1) is 5.56 Å². The summed E-state index contributed by atoms with van der Waals surface area (Å²) in [5.41, 5.74) is 4.09. The minimum Gasteiger partial charge on any atom is -0.478 e. The summed E-state index contributed by atoms with van der Waals surface area (Å²) >= 11 is 0. The lowest BCUT2D eigenvalue weighted by atomic mass is 10.1. The molecule has 108 valence electrons. The summed E-state index contributed by atoms with van der Waals surface area (Å²) in [6.45, 7) is 0. The summed E-state index contributed by atoms with van der Waals surface area (Å²) in [6.07, 6.45) is 5.66. The van der Waals surface area contributed by atoms with Crippen molar-refractivity contribution in [2.24, 2.45) is 0 Å². The Hall–Kier alpha value is -3.21. The molecule has 0 aliphatic carbocycles. The molecule has 0 bridgehead atoms. The molecule has 0 saturated heterocycles.